The minimum absolute atomic E-state index is 0.292. The lowest BCUT2D eigenvalue weighted by molar-refractivity contribution is 0.0574. The van der Waals surface area contributed by atoms with Crippen LogP contribution in [-0.4, -0.2) is 50.6 Å². The smallest absolute Gasteiger partial charge is 0.191 e. The number of aromatic nitrogens is 3. The number of hydrogen-bond acceptors (Lipinski definition) is 4. The molecule has 1 atom stereocenters. The number of nitrogens with one attached hydrogen (secondary N) is 2. The molecule has 2 heterocycles. The molecule has 0 saturated heterocycles. The normalized spacial score (nSPS) is 23.1. The predicted molar refractivity (Wildman–Crippen MR) is 94.0 cm³/mol. The Labute approximate surface area is 144 Å². The molecule has 0 spiro atoms. The summed E-state index contributed by atoms with van der Waals surface area (Å²) in [6.07, 6.45) is 6.77. The number of fused-ring (bicyclic) bond motifs is 1. The van der Waals surface area contributed by atoms with Gasteiger partial charge in [0, 0.05) is 25.4 Å². The number of nitrogens with zero attached hydrogens (tertiary/aromatic N) is 4. The molecule has 1 unspecified atom stereocenters. The summed E-state index contributed by atoms with van der Waals surface area (Å²) in [5.74, 6) is 2.81. The van der Waals surface area contributed by atoms with E-state index in [1.54, 1.807) is 0 Å². The molecule has 0 aromatic carbocycles. The minimum Gasteiger partial charge on any atom is -0.388 e. The second kappa shape index (κ2) is 7.51. The van der Waals surface area contributed by atoms with Crippen molar-refractivity contribution in [1.82, 2.24) is 25.4 Å². The quantitative estimate of drug-likeness (QED) is 0.553. The fourth-order valence-electron chi connectivity index (χ4n) is 3.56. The van der Waals surface area contributed by atoms with E-state index in [-0.39, 0.29) is 0 Å². The summed E-state index contributed by atoms with van der Waals surface area (Å²) in [4.78, 5) is 9.20. The van der Waals surface area contributed by atoms with E-state index in [1.807, 2.05) is 4.68 Å². The van der Waals surface area contributed by atoms with Crippen LogP contribution in [0.4, 0.5) is 0 Å². The van der Waals surface area contributed by atoms with Crippen LogP contribution in [0.2, 0.25) is 0 Å². The van der Waals surface area contributed by atoms with Gasteiger partial charge in [0.15, 0.2) is 11.8 Å². The Hall–Kier alpha value is -1.63. The minimum atomic E-state index is -0.607. The Balaban J connectivity index is 1.61. The van der Waals surface area contributed by atoms with Crippen molar-refractivity contribution in [2.24, 2.45) is 4.99 Å². The molecule has 1 aliphatic carbocycles. The van der Waals surface area contributed by atoms with E-state index in [9.17, 15) is 5.11 Å². The lowest BCUT2D eigenvalue weighted by atomic mass is 10.0. The van der Waals surface area contributed by atoms with Crippen LogP contribution in [0.15, 0.2) is 4.99 Å². The van der Waals surface area contributed by atoms with Gasteiger partial charge in [-0.3, -0.25) is 4.99 Å². The lowest BCUT2D eigenvalue weighted by Gasteiger charge is -2.26. The van der Waals surface area contributed by atoms with Crippen LogP contribution in [0.5, 0.6) is 0 Å². The molecule has 3 N–H and O–H groups in total. The van der Waals surface area contributed by atoms with Gasteiger partial charge in [-0.1, -0.05) is 19.8 Å². The number of guanidine groups is 1. The fraction of sp³-hybridized carbons (Fsp3) is 0.824. The van der Waals surface area contributed by atoms with Gasteiger partial charge < -0.3 is 15.7 Å². The van der Waals surface area contributed by atoms with Crippen LogP contribution in [-0.2, 0) is 19.4 Å². The molecule has 2 aliphatic rings. The van der Waals surface area contributed by atoms with Gasteiger partial charge in [-0.05, 0) is 26.2 Å². The van der Waals surface area contributed by atoms with E-state index >= 15 is 0 Å². The summed E-state index contributed by atoms with van der Waals surface area (Å²) in [7, 11) is 0. The van der Waals surface area contributed by atoms with E-state index in [4.69, 9.17) is 0 Å². The molecule has 0 bridgehead atoms. The second-order valence-corrected chi connectivity index (χ2v) is 6.99. The van der Waals surface area contributed by atoms with Gasteiger partial charge in [-0.2, -0.15) is 5.10 Å². The van der Waals surface area contributed by atoms with Crippen molar-refractivity contribution in [1.29, 1.82) is 0 Å². The molecular weight excluding hydrogens is 304 g/mol. The van der Waals surface area contributed by atoms with Gasteiger partial charge in [-0.15, -0.1) is 0 Å². The highest BCUT2D eigenvalue weighted by molar-refractivity contribution is 5.80. The van der Waals surface area contributed by atoms with E-state index in [2.05, 4.69) is 39.6 Å². The topological polar surface area (TPSA) is 87.4 Å². The van der Waals surface area contributed by atoms with Crippen molar-refractivity contribution >= 4 is 5.96 Å². The number of aryl methyl sites for hydroxylation is 2. The third kappa shape index (κ3) is 4.06. The molecule has 7 nitrogen and oxygen atoms in total. The van der Waals surface area contributed by atoms with E-state index in [0.717, 1.165) is 75.6 Å². The molecule has 24 heavy (non-hydrogen) atoms. The van der Waals surface area contributed by atoms with E-state index < -0.39 is 5.60 Å². The molecule has 1 fully saturated rings. The van der Waals surface area contributed by atoms with Crippen LogP contribution < -0.4 is 10.6 Å². The molecule has 1 aromatic heterocycles. The summed E-state index contributed by atoms with van der Waals surface area (Å²) >= 11 is 0. The van der Waals surface area contributed by atoms with Crippen molar-refractivity contribution in [3.8, 4) is 0 Å². The first-order chi connectivity index (χ1) is 11.6. The van der Waals surface area contributed by atoms with Crippen LogP contribution >= 0.6 is 0 Å². The Morgan fingerprint density at radius 2 is 2.17 bits per heavy atom. The van der Waals surface area contributed by atoms with Crippen LogP contribution in [0.25, 0.3) is 0 Å². The predicted octanol–water partition coefficient (Wildman–Crippen LogP) is 1.02. The molecule has 1 saturated carbocycles. The summed E-state index contributed by atoms with van der Waals surface area (Å²) in [6.45, 7) is 6.25. The molecule has 1 aromatic rings. The Morgan fingerprint density at radius 1 is 1.38 bits per heavy atom. The van der Waals surface area contributed by atoms with Gasteiger partial charge in [0.25, 0.3) is 0 Å². The Kier molecular flexibility index (Phi) is 5.38. The summed E-state index contributed by atoms with van der Waals surface area (Å²) in [6, 6.07) is 0.292. The summed E-state index contributed by atoms with van der Waals surface area (Å²) in [5.41, 5.74) is -0.607. The van der Waals surface area contributed by atoms with E-state index in [1.165, 1.54) is 0 Å². The Bertz CT molecular complexity index is 576. The molecule has 134 valence electrons. The number of hydrogen-bond donors (Lipinski definition) is 3. The zero-order valence-electron chi connectivity index (χ0n) is 14.9. The van der Waals surface area contributed by atoms with Crippen LogP contribution in [0.1, 0.15) is 57.6 Å². The van der Waals surface area contributed by atoms with E-state index in [0.29, 0.717) is 12.6 Å². The molecule has 0 amide bonds. The summed E-state index contributed by atoms with van der Waals surface area (Å²) in [5, 5.41) is 21.8. The highest BCUT2D eigenvalue weighted by atomic mass is 16.3. The van der Waals surface area contributed by atoms with Crippen molar-refractivity contribution in [3.63, 3.8) is 0 Å². The average Bonchev–Trinajstić information content (AvgIpc) is 3.19. The lowest BCUT2D eigenvalue weighted by Crippen LogP contribution is -2.47. The first kappa shape index (κ1) is 17.2. The highest BCUT2D eigenvalue weighted by Crippen LogP contribution is 2.29. The number of aliphatic hydroxyl groups is 1. The SMILES string of the molecule is CCNC(=NCC1(O)CCCC1)NC1CCc2nc(CC)nn2C1. The maximum atomic E-state index is 10.5. The van der Waals surface area contributed by atoms with Crippen LogP contribution in [0, 0.1) is 0 Å². The second-order valence-electron chi connectivity index (χ2n) is 6.99. The van der Waals surface area contributed by atoms with Crippen molar-refractivity contribution in [2.45, 2.75) is 77.0 Å². The maximum absolute atomic E-state index is 10.5. The van der Waals surface area contributed by atoms with Gasteiger partial charge in [0.2, 0.25) is 0 Å². The highest BCUT2D eigenvalue weighted by Gasteiger charge is 2.31. The summed E-state index contributed by atoms with van der Waals surface area (Å²) < 4.78 is 2.02. The first-order valence-electron chi connectivity index (χ1n) is 9.31. The van der Waals surface area contributed by atoms with Crippen LogP contribution in [0.3, 0.4) is 0 Å². The standard InChI is InChI=1S/C17H30N6O/c1-3-14-21-15-8-7-13(11-23(15)22-14)20-16(18-4-2)19-12-17(24)9-5-6-10-17/h13,24H,3-12H2,1-2H3,(H2,18,19,20). The largest absolute Gasteiger partial charge is 0.388 e. The van der Waals surface area contributed by atoms with Crippen molar-refractivity contribution in [3.05, 3.63) is 11.6 Å². The first-order valence-corrected chi connectivity index (χ1v) is 9.31. The zero-order chi connectivity index (χ0) is 17.0. The fourth-order valence-corrected chi connectivity index (χ4v) is 3.56. The molecule has 3 rings (SSSR count). The van der Waals surface area contributed by atoms with Crippen molar-refractivity contribution < 1.29 is 5.11 Å². The molecule has 7 heteroatoms. The third-order valence-corrected chi connectivity index (χ3v) is 4.97. The van der Waals surface area contributed by atoms with Gasteiger partial charge >= 0.3 is 0 Å². The average molecular weight is 334 g/mol. The number of rotatable bonds is 5. The monoisotopic (exact) mass is 334 g/mol. The van der Waals surface area contributed by atoms with Gasteiger partial charge in [0.1, 0.15) is 5.82 Å². The van der Waals surface area contributed by atoms with Crippen molar-refractivity contribution in [2.75, 3.05) is 13.1 Å². The molecule has 1 aliphatic heterocycles. The number of aliphatic imine (C=N–C) groups is 1. The van der Waals surface area contributed by atoms with Gasteiger partial charge in [0.05, 0.1) is 18.7 Å². The maximum Gasteiger partial charge on any atom is 0.191 e. The molecule has 0 radical (unpaired) electrons. The zero-order valence-corrected chi connectivity index (χ0v) is 14.9. The van der Waals surface area contributed by atoms with Gasteiger partial charge in [-0.25, -0.2) is 9.67 Å². The molecular formula is C17H30N6O. The third-order valence-electron chi connectivity index (χ3n) is 4.97. The Morgan fingerprint density at radius 3 is 2.88 bits per heavy atom.